The van der Waals surface area contributed by atoms with E-state index in [-0.39, 0.29) is 24.1 Å². The summed E-state index contributed by atoms with van der Waals surface area (Å²) < 4.78 is 25.1. The second-order valence-electron chi connectivity index (χ2n) is 6.32. The Morgan fingerprint density at radius 1 is 1.39 bits per heavy atom. The van der Waals surface area contributed by atoms with Crippen molar-refractivity contribution in [2.24, 2.45) is 5.92 Å². The number of hydrogen-bond donors (Lipinski definition) is 1. The number of carbonyl (C=O) groups excluding carboxylic acids is 1. The van der Waals surface area contributed by atoms with E-state index in [4.69, 9.17) is 9.47 Å². The van der Waals surface area contributed by atoms with Crippen molar-refractivity contribution in [3.05, 3.63) is 30.1 Å². The standard InChI is InChI=1S/C17H23FN2O3/c1-17(22-9-10-23-17)13-5-4-8-20(11-13)12-16(21)19-15-7-3-2-6-14(15)18/h2-3,6-7,13H,4-5,8-12H2,1H3,(H,19,21)/t13-/m1/s1. The summed E-state index contributed by atoms with van der Waals surface area (Å²) in [5, 5.41) is 2.63. The molecule has 5 nitrogen and oxygen atoms in total. The van der Waals surface area contributed by atoms with E-state index in [2.05, 4.69) is 10.2 Å². The monoisotopic (exact) mass is 322 g/mol. The SMILES string of the molecule is CC1([C@@H]2CCCN(CC(=O)Nc3ccccc3F)C2)OCCO1. The van der Waals surface area contributed by atoms with E-state index < -0.39 is 11.6 Å². The van der Waals surface area contributed by atoms with Crippen molar-refractivity contribution in [1.29, 1.82) is 0 Å². The summed E-state index contributed by atoms with van der Waals surface area (Å²) in [5.41, 5.74) is 0.223. The summed E-state index contributed by atoms with van der Waals surface area (Å²) in [6, 6.07) is 6.20. The van der Waals surface area contributed by atoms with Crippen LogP contribution in [0.1, 0.15) is 19.8 Å². The Kier molecular flexibility index (Phi) is 4.94. The first kappa shape index (κ1) is 16.4. The van der Waals surface area contributed by atoms with E-state index in [9.17, 15) is 9.18 Å². The first-order chi connectivity index (χ1) is 11.1. The van der Waals surface area contributed by atoms with Gasteiger partial charge in [0.25, 0.3) is 0 Å². The molecule has 1 N–H and O–H groups in total. The zero-order valence-corrected chi connectivity index (χ0v) is 13.4. The maximum atomic E-state index is 13.6. The molecule has 23 heavy (non-hydrogen) atoms. The van der Waals surface area contributed by atoms with Gasteiger partial charge in [-0.25, -0.2) is 4.39 Å². The Hall–Kier alpha value is -1.50. The molecule has 0 spiro atoms. The third-order valence-corrected chi connectivity index (χ3v) is 4.62. The first-order valence-corrected chi connectivity index (χ1v) is 8.11. The van der Waals surface area contributed by atoms with Gasteiger partial charge < -0.3 is 14.8 Å². The Bertz CT molecular complexity index is 561. The fourth-order valence-electron chi connectivity index (χ4n) is 3.35. The van der Waals surface area contributed by atoms with Crippen LogP contribution >= 0.6 is 0 Å². The molecule has 1 aromatic carbocycles. The van der Waals surface area contributed by atoms with E-state index in [1.165, 1.54) is 6.07 Å². The number of hydrogen-bond acceptors (Lipinski definition) is 4. The minimum Gasteiger partial charge on any atom is -0.347 e. The molecule has 0 unspecified atom stereocenters. The maximum absolute atomic E-state index is 13.6. The Balaban J connectivity index is 1.55. The van der Waals surface area contributed by atoms with Gasteiger partial charge in [0.2, 0.25) is 5.91 Å². The maximum Gasteiger partial charge on any atom is 0.238 e. The molecule has 6 heteroatoms. The number of halogens is 1. The highest BCUT2D eigenvalue weighted by molar-refractivity contribution is 5.92. The molecule has 0 aliphatic carbocycles. The summed E-state index contributed by atoms with van der Waals surface area (Å²) in [4.78, 5) is 14.2. The van der Waals surface area contributed by atoms with Crippen LogP contribution in [0.25, 0.3) is 0 Å². The van der Waals surface area contributed by atoms with E-state index in [1.807, 2.05) is 6.92 Å². The van der Waals surface area contributed by atoms with Gasteiger partial charge in [0.15, 0.2) is 5.79 Å². The lowest BCUT2D eigenvalue weighted by Crippen LogP contribution is -2.48. The molecule has 2 aliphatic rings. The summed E-state index contributed by atoms with van der Waals surface area (Å²) in [6.45, 7) is 5.09. The number of ether oxygens (including phenoxy) is 2. The normalized spacial score (nSPS) is 24.5. The van der Waals surface area contributed by atoms with Crippen LogP contribution in [0.15, 0.2) is 24.3 Å². The number of amides is 1. The molecule has 2 heterocycles. The Labute approximate surface area is 135 Å². The minimum atomic E-state index is -0.541. The number of rotatable bonds is 4. The van der Waals surface area contributed by atoms with Gasteiger partial charge in [0.05, 0.1) is 25.4 Å². The molecular weight excluding hydrogens is 299 g/mol. The van der Waals surface area contributed by atoms with E-state index >= 15 is 0 Å². The highest BCUT2D eigenvalue weighted by atomic mass is 19.1. The van der Waals surface area contributed by atoms with Crippen LogP contribution < -0.4 is 5.32 Å². The number of benzene rings is 1. The van der Waals surface area contributed by atoms with Gasteiger partial charge in [-0.05, 0) is 38.4 Å². The molecule has 0 radical (unpaired) electrons. The molecule has 0 saturated carbocycles. The second-order valence-corrected chi connectivity index (χ2v) is 6.32. The summed E-state index contributed by atoms with van der Waals surface area (Å²) in [6.07, 6.45) is 2.03. The highest BCUT2D eigenvalue weighted by Crippen LogP contribution is 2.33. The molecule has 1 amide bonds. The average molecular weight is 322 g/mol. The zero-order valence-electron chi connectivity index (χ0n) is 13.4. The number of piperidine rings is 1. The Morgan fingerprint density at radius 3 is 2.87 bits per heavy atom. The highest BCUT2D eigenvalue weighted by Gasteiger charge is 2.41. The number of para-hydroxylation sites is 1. The Morgan fingerprint density at radius 2 is 2.13 bits per heavy atom. The van der Waals surface area contributed by atoms with Gasteiger partial charge in [-0.3, -0.25) is 9.69 Å². The van der Waals surface area contributed by atoms with Crippen LogP contribution in [-0.4, -0.2) is 49.4 Å². The summed E-state index contributed by atoms with van der Waals surface area (Å²) in [5.74, 6) is -0.910. The van der Waals surface area contributed by atoms with Crippen LogP contribution in [0.5, 0.6) is 0 Å². The van der Waals surface area contributed by atoms with Crippen LogP contribution in [0.2, 0.25) is 0 Å². The summed E-state index contributed by atoms with van der Waals surface area (Å²) >= 11 is 0. The fourth-order valence-corrected chi connectivity index (χ4v) is 3.35. The van der Waals surface area contributed by atoms with Gasteiger partial charge >= 0.3 is 0 Å². The smallest absolute Gasteiger partial charge is 0.238 e. The molecule has 126 valence electrons. The predicted octanol–water partition coefficient (Wildman–Crippen LogP) is 2.24. The van der Waals surface area contributed by atoms with Crippen LogP contribution in [0.4, 0.5) is 10.1 Å². The van der Waals surface area contributed by atoms with Crippen molar-refractivity contribution < 1.29 is 18.7 Å². The largest absolute Gasteiger partial charge is 0.347 e. The van der Waals surface area contributed by atoms with Crippen molar-refractivity contribution in [2.45, 2.75) is 25.6 Å². The number of carbonyl (C=O) groups is 1. The minimum absolute atomic E-state index is 0.200. The average Bonchev–Trinajstić information content (AvgIpc) is 2.98. The third kappa shape index (κ3) is 3.88. The van der Waals surface area contributed by atoms with Crippen molar-refractivity contribution in [1.82, 2.24) is 4.90 Å². The third-order valence-electron chi connectivity index (χ3n) is 4.62. The fraction of sp³-hybridized carbons (Fsp3) is 0.588. The van der Waals surface area contributed by atoms with Gasteiger partial charge in [-0.2, -0.15) is 0 Å². The molecule has 0 bridgehead atoms. The molecule has 2 aliphatic heterocycles. The van der Waals surface area contributed by atoms with Gasteiger partial charge in [-0.1, -0.05) is 12.1 Å². The molecule has 1 atom stereocenters. The van der Waals surface area contributed by atoms with Crippen LogP contribution in [0, 0.1) is 11.7 Å². The number of nitrogens with zero attached hydrogens (tertiary/aromatic N) is 1. The first-order valence-electron chi connectivity index (χ1n) is 8.11. The van der Waals surface area contributed by atoms with Crippen LogP contribution in [0.3, 0.4) is 0 Å². The molecule has 1 aromatic rings. The van der Waals surface area contributed by atoms with E-state index in [1.54, 1.807) is 18.2 Å². The topological polar surface area (TPSA) is 50.8 Å². The lowest BCUT2D eigenvalue weighted by molar-refractivity contribution is -0.192. The van der Waals surface area contributed by atoms with E-state index in [0.717, 1.165) is 25.9 Å². The number of anilines is 1. The number of likely N-dealkylation sites (tertiary alicyclic amines) is 1. The van der Waals surface area contributed by atoms with Gasteiger partial charge in [0.1, 0.15) is 5.82 Å². The van der Waals surface area contributed by atoms with E-state index in [0.29, 0.717) is 13.2 Å². The van der Waals surface area contributed by atoms with Crippen LogP contribution in [-0.2, 0) is 14.3 Å². The predicted molar refractivity (Wildman–Crippen MR) is 84.5 cm³/mol. The summed E-state index contributed by atoms with van der Waals surface area (Å²) in [7, 11) is 0. The zero-order chi connectivity index (χ0) is 16.3. The van der Waals surface area contributed by atoms with Gasteiger partial charge in [-0.15, -0.1) is 0 Å². The molecule has 2 saturated heterocycles. The van der Waals surface area contributed by atoms with Crippen molar-refractivity contribution in [3.63, 3.8) is 0 Å². The number of nitrogens with one attached hydrogen (secondary N) is 1. The van der Waals surface area contributed by atoms with Crippen molar-refractivity contribution in [2.75, 3.05) is 38.2 Å². The lowest BCUT2D eigenvalue weighted by atomic mass is 9.90. The molecule has 2 fully saturated rings. The quantitative estimate of drug-likeness (QED) is 0.924. The van der Waals surface area contributed by atoms with Crippen molar-refractivity contribution >= 4 is 11.6 Å². The molecule has 3 rings (SSSR count). The second kappa shape index (κ2) is 6.95. The lowest BCUT2D eigenvalue weighted by Gasteiger charge is -2.39. The van der Waals surface area contributed by atoms with Gasteiger partial charge in [0, 0.05) is 12.5 Å². The molecule has 0 aromatic heterocycles. The molecular formula is C17H23FN2O3. The van der Waals surface area contributed by atoms with Crippen molar-refractivity contribution in [3.8, 4) is 0 Å².